The van der Waals surface area contributed by atoms with Crippen LogP contribution in [0.3, 0.4) is 0 Å². The molecule has 0 saturated heterocycles. The third kappa shape index (κ3) is 4.82. The van der Waals surface area contributed by atoms with Gasteiger partial charge in [0.25, 0.3) is 10.0 Å². The van der Waals surface area contributed by atoms with Gasteiger partial charge in [-0.15, -0.1) is 11.3 Å². The second kappa shape index (κ2) is 7.45. The Morgan fingerprint density at radius 3 is 2.68 bits per heavy atom. The molecule has 25 heavy (non-hydrogen) atoms. The third-order valence-corrected chi connectivity index (χ3v) is 7.09. The van der Waals surface area contributed by atoms with Crippen molar-refractivity contribution < 1.29 is 13.2 Å². The number of halogens is 1. The van der Waals surface area contributed by atoms with Crippen molar-refractivity contribution >= 4 is 38.9 Å². The predicted molar refractivity (Wildman–Crippen MR) is 99.3 cm³/mol. The lowest BCUT2D eigenvalue weighted by atomic mass is 10.1. The van der Waals surface area contributed by atoms with E-state index in [1.165, 1.54) is 12.1 Å². The standard InChI is InChI=1S/C17H19ClN2O3S2/c1-12-3-2-4-13(9-12)11-20(14-5-6-14)16(21)10-19-25(22,23)17-8-7-15(18)24-17/h2-4,7-9,14,19H,5-6,10-11H2,1H3. The largest absolute Gasteiger partial charge is 0.334 e. The Kier molecular flexibility index (Phi) is 5.48. The summed E-state index contributed by atoms with van der Waals surface area (Å²) in [6.45, 7) is 2.25. The number of carbonyl (C=O) groups excluding carboxylic acids is 1. The zero-order valence-corrected chi connectivity index (χ0v) is 16.1. The van der Waals surface area contributed by atoms with Crippen LogP contribution in [-0.2, 0) is 21.4 Å². The van der Waals surface area contributed by atoms with Gasteiger partial charge in [0.1, 0.15) is 4.21 Å². The number of nitrogens with one attached hydrogen (secondary N) is 1. The van der Waals surface area contributed by atoms with Gasteiger partial charge in [0, 0.05) is 12.6 Å². The number of aryl methyl sites for hydroxylation is 1. The molecule has 1 N–H and O–H groups in total. The lowest BCUT2D eigenvalue weighted by Crippen LogP contribution is -2.40. The molecule has 5 nitrogen and oxygen atoms in total. The van der Waals surface area contributed by atoms with Gasteiger partial charge in [-0.1, -0.05) is 41.4 Å². The summed E-state index contributed by atoms with van der Waals surface area (Å²) >= 11 is 6.75. The number of amides is 1. The molecule has 1 aliphatic rings. The summed E-state index contributed by atoms with van der Waals surface area (Å²) < 4.78 is 27.4. The van der Waals surface area contributed by atoms with Gasteiger partial charge in [0.15, 0.2) is 0 Å². The molecule has 134 valence electrons. The second-order valence-electron chi connectivity index (χ2n) is 6.12. The number of benzene rings is 1. The maximum atomic E-state index is 12.6. The van der Waals surface area contributed by atoms with Crippen LogP contribution >= 0.6 is 22.9 Å². The quantitative estimate of drug-likeness (QED) is 0.778. The molecule has 1 fully saturated rings. The molecule has 0 unspecified atom stereocenters. The van der Waals surface area contributed by atoms with E-state index in [-0.39, 0.29) is 22.7 Å². The van der Waals surface area contributed by atoms with Crippen molar-refractivity contribution in [1.82, 2.24) is 9.62 Å². The van der Waals surface area contributed by atoms with E-state index >= 15 is 0 Å². The molecule has 1 aromatic carbocycles. The van der Waals surface area contributed by atoms with Crippen LogP contribution in [0.2, 0.25) is 4.34 Å². The van der Waals surface area contributed by atoms with E-state index in [9.17, 15) is 13.2 Å². The van der Waals surface area contributed by atoms with E-state index in [0.717, 1.165) is 35.3 Å². The Labute approximate surface area is 156 Å². The van der Waals surface area contributed by atoms with Crippen LogP contribution in [0.5, 0.6) is 0 Å². The minimum atomic E-state index is -3.72. The molecule has 0 aliphatic heterocycles. The zero-order valence-electron chi connectivity index (χ0n) is 13.7. The van der Waals surface area contributed by atoms with E-state index in [2.05, 4.69) is 4.72 Å². The average Bonchev–Trinajstić information content (AvgIpc) is 3.30. The Morgan fingerprint density at radius 2 is 2.08 bits per heavy atom. The van der Waals surface area contributed by atoms with E-state index in [1.807, 2.05) is 31.2 Å². The van der Waals surface area contributed by atoms with Gasteiger partial charge in [-0.25, -0.2) is 13.1 Å². The second-order valence-corrected chi connectivity index (χ2v) is 9.83. The summed E-state index contributed by atoms with van der Waals surface area (Å²) in [4.78, 5) is 14.3. The molecule has 0 atom stereocenters. The predicted octanol–water partition coefficient (Wildman–Crippen LogP) is 3.18. The maximum absolute atomic E-state index is 12.6. The van der Waals surface area contributed by atoms with Crippen LogP contribution < -0.4 is 4.72 Å². The number of hydrogen-bond acceptors (Lipinski definition) is 4. The molecule has 3 rings (SSSR count). The number of thiophene rings is 1. The first-order valence-corrected chi connectivity index (χ1v) is 10.6. The molecule has 1 heterocycles. The highest BCUT2D eigenvalue weighted by atomic mass is 35.5. The lowest BCUT2D eigenvalue weighted by molar-refractivity contribution is -0.131. The summed E-state index contributed by atoms with van der Waals surface area (Å²) in [5.74, 6) is -0.213. The van der Waals surface area contributed by atoms with Crippen molar-refractivity contribution in [3.8, 4) is 0 Å². The number of rotatable bonds is 7. The number of hydrogen-bond donors (Lipinski definition) is 1. The van der Waals surface area contributed by atoms with Crippen molar-refractivity contribution in [3.63, 3.8) is 0 Å². The molecular weight excluding hydrogens is 380 g/mol. The summed E-state index contributed by atoms with van der Waals surface area (Å²) in [5, 5.41) is 0. The van der Waals surface area contributed by atoms with Crippen molar-refractivity contribution in [3.05, 3.63) is 51.9 Å². The van der Waals surface area contributed by atoms with Gasteiger partial charge >= 0.3 is 0 Å². The van der Waals surface area contributed by atoms with E-state index in [1.54, 1.807) is 4.90 Å². The molecule has 0 spiro atoms. The smallest absolute Gasteiger partial charge is 0.250 e. The summed E-state index contributed by atoms with van der Waals surface area (Å²) in [7, 11) is -3.72. The molecular formula is C17H19ClN2O3S2. The normalized spacial score (nSPS) is 14.5. The fraction of sp³-hybridized carbons (Fsp3) is 0.353. The van der Waals surface area contributed by atoms with Crippen LogP contribution in [0.25, 0.3) is 0 Å². The first-order chi connectivity index (χ1) is 11.8. The Morgan fingerprint density at radius 1 is 1.32 bits per heavy atom. The summed E-state index contributed by atoms with van der Waals surface area (Å²) in [6.07, 6.45) is 1.93. The molecule has 1 aromatic heterocycles. The van der Waals surface area contributed by atoms with Gasteiger partial charge in [-0.3, -0.25) is 4.79 Å². The average molecular weight is 399 g/mol. The Balaban J connectivity index is 1.65. The Hall–Kier alpha value is -1.41. The molecule has 1 saturated carbocycles. The van der Waals surface area contributed by atoms with E-state index in [0.29, 0.717) is 10.9 Å². The van der Waals surface area contributed by atoms with Crippen LogP contribution in [-0.4, -0.2) is 31.8 Å². The minimum absolute atomic E-state index is 0.113. The first-order valence-electron chi connectivity index (χ1n) is 7.95. The van der Waals surface area contributed by atoms with Gasteiger partial charge in [0.2, 0.25) is 5.91 Å². The topological polar surface area (TPSA) is 66.5 Å². The molecule has 0 bridgehead atoms. The SMILES string of the molecule is Cc1cccc(CN(C(=O)CNS(=O)(=O)c2ccc(Cl)s2)C2CC2)c1. The van der Waals surface area contributed by atoms with Crippen molar-refractivity contribution in [2.24, 2.45) is 0 Å². The minimum Gasteiger partial charge on any atom is -0.334 e. The first kappa shape index (κ1) is 18.4. The number of sulfonamides is 1. The highest BCUT2D eigenvalue weighted by Gasteiger charge is 2.33. The van der Waals surface area contributed by atoms with Gasteiger partial charge in [-0.05, 0) is 37.5 Å². The molecule has 8 heteroatoms. The fourth-order valence-electron chi connectivity index (χ4n) is 2.59. The Bertz CT molecular complexity index is 876. The summed E-state index contributed by atoms with van der Waals surface area (Å²) in [5.41, 5.74) is 2.18. The molecule has 0 radical (unpaired) electrons. The van der Waals surface area contributed by atoms with Gasteiger partial charge < -0.3 is 4.90 Å². The van der Waals surface area contributed by atoms with Gasteiger partial charge in [0.05, 0.1) is 10.9 Å². The van der Waals surface area contributed by atoms with Crippen LogP contribution in [0.1, 0.15) is 24.0 Å². The highest BCUT2D eigenvalue weighted by molar-refractivity contribution is 7.91. The monoisotopic (exact) mass is 398 g/mol. The zero-order chi connectivity index (χ0) is 18.0. The van der Waals surface area contributed by atoms with E-state index < -0.39 is 10.0 Å². The highest BCUT2D eigenvalue weighted by Crippen LogP contribution is 2.29. The van der Waals surface area contributed by atoms with E-state index in [4.69, 9.17) is 11.6 Å². The van der Waals surface area contributed by atoms with Crippen LogP contribution in [0.4, 0.5) is 0 Å². The van der Waals surface area contributed by atoms with Crippen molar-refractivity contribution in [2.45, 2.75) is 36.6 Å². The summed E-state index contributed by atoms with van der Waals surface area (Å²) in [6, 6.07) is 11.2. The van der Waals surface area contributed by atoms with Crippen LogP contribution in [0, 0.1) is 6.92 Å². The molecule has 1 amide bonds. The molecule has 1 aliphatic carbocycles. The van der Waals surface area contributed by atoms with Crippen LogP contribution in [0.15, 0.2) is 40.6 Å². The number of nitrogens with zero attached hydrogens (tertiary/aromatic N) is 1. The number of carbonyl (C=O) groups is 1. The third-order valence-electron chi connectivity index (χ3n) is 3.97. The van der Waals surface area contributed by atoms with Gasteiger partial charge in [-0.2, -0.15) is 0 Å². The fourth-order valence-corrected chi connectivity index (χ4v) is 5.09. The lowest BCUT2D eigenvalue weighted by Gasteiger charge is -2.23. The van der Waals surface area contributed by atoms with Crippen molar-refractivity contribution in [2.75, 3.05) is 6.54 Å². The maximum Gasteiger partial charge on any atom is 0.250 e. The molecule has 2 aromatic rings. The van der Waals surface area contributed by atoms with Crippen molar-refractivity contribution in [1.29, 1.82) is 0 Å².